The Morgan fingerprint density at radius 1 is 1.09 bits per heavy atom. The molecular weight excluding hydrogens is 556 g/mol. The first kappa shape index (κ1) is 30.7. The van der Waals surface area contributed by atoms with Gasteiger partial charge in [0.1, 0.15) is 5.75 Å². The molecule has 1 amide bonds. The Bertz CT molecular complexity index is 1580. The highest BCUT2D eigenvalue weighted by Crippen LogP contribution is 2.38. The van der Waals surface area contributed by atoms with Crippen molar-refractivity contribution in [1.29, 1.82) is 0 Å². The summed E-state index contributed by atoms with van der Waals surface area (Å²) < 4.78 is 13.1. The van der Waals surface area contributed by atoms with Gasteiger partial charge in [-0.3, -0.25) is 4.79 Å². The summed E-state index contributed by atoms with van der Waals surface area (Å²) in [5, 5.41) is 11.3. The molecule has 230 valence electrons. The monoisotopic (exact) mass is 596 g/mol. The molecule has 1 aliphatic rings. The van der Waals surface area contributed by atoms with E-state index in [4.69, 9.17) is 19.6 Å². The molecule has 11 heteroatoms. The average molecular weight is 597 g/mol. The Morgan fingerprint density at radius 3 is 2.61 bits per heavy atom. The molecule has 1 aliphatic heterocycles. The fraction of sp³-hybridized carbons (Fsp3) is 0.333. The summed E-state index contributed by atoms with van der Waals surface area (Å²) in [7, 11) is 5.69. The second-order valence-corrected chi connectivity index (χ2v) is 10.7. The van der Waals surface area contributed by atoms with Gasteiger partial charge in [-0.2, -0.15) is 10.1 Å². The van der Waals surface area contributed by atoms with Crippen LogP contribution in [0.3, 0.4) is 0 Å². The lowest BCUT2D eigenvalue weighted by atomic mass is 10.1. The van der Waals surface area contributed by atoms with Gasteiger partial charge < -0.3 is 29.9 Å². The smallest absolute Gasteiger partial charge is 0.229 e. The zero-order valence-electron chi connectivity index (χ0n) is 25.8. The molecule has 0 unspecified atom stereocenters. The Kier molecular flexibility index (Phi) is 10.2. The molecule has 1 fully saturated rings. The molecule has 5 rings (SSSR count). The van der Waals surface area contributed by atoms with Crippen LogP contribution in [0.1, 0.15) is 25.3 Å². The van der Waals surface area contributed by atoms with Crippen molar-refractivity contribution in [2.45, 2.75) is 26.3 Å². The number of nitrogens with one attached hydrogen (secondary N) is 2. The topological polar surface area (TPSA) is 110 Å². The van der Waals surface area contributed by atoms with E-state index in [0.29, 0.717) is 61.6 Å². The molecule has 2 aromatic carbocycles. The van der Waals surface area contributed by atoms with E-state index in [2.05, 4.69) is 37.6 Å². The highest BCUT2D eigenvalue weighted by Gasteiger charge is 2.21. The maximum Gasteiger partial charge on any atom is 0.229 e. The van der Waals surface area contributed by atoms with E-state index < -0.39 is 0 Å². The van der Waals surface area contributed by atoms with Crippen molar-refractivity contribution in [3.63, 3.8) is 0 Å². The lowest BCUT2D eigenvalue weighted by molar-refractivity contribution is -0.115. The van der Waals surface area contributed by atoms with Crippen molar-refractivity contribution in [3.8, 4) is 22.8 Å². The molecule has 3 heterocycles. The normalized spacial score (nSPS) is 13.4. The quantitative estimate of drug-likeness (QED) is 0.211. The standard InChI is InChI=1S/C33H40N8O3/c1-5-6-8-13-31(42)35-26-20-27(29(43-4)21-28(26)40-16-18-44-19-17-40)36-33-34-15-14-30(37-33)41-23-25(22-39(2)3)32(38-41)24-11-9-7-10-12-24/h6-12,14-15,20-21,23H,5,13,16-19,22H2,1-4H3,(H,35,42)(H,34,36,37)/b8-6-. The van der Waals surface area contributed by atoms with Crippen LogP contribution in [0.25, 0.3) is 17.1 Å². The summed E-state index contributed by atoms with van der Waals surface area (Å²) in [4.78, 5) is 26.4. The second kappa shape index (κ2) is 14.6. The van der Waals surface area contributed by atoms with Crippen LogP contribution in [0.4, 0.5) is 23.0 Å². The maximum absolute atomic E-state index is 12.9. The van der Waals surface area contributed by atoms with Crippen LogP contribution in [-0.4, -0.2) is 78.1 Å². The lowest BCUT2D eigenvalue weighted by Gasteiger charge is -2.31. The summed E-state index contributed by atoms with van der Waals surface area (Å²) in [5.41, 5.74) is 5.21. The fourth-order valence-corrected chi connectivity index (χ4v) is 5.04. The number of methoxy groups -OCH3 is 1. The summed E-state index contributed by atoms with van der Waals surface area (Å²) in [6.07, 6.45) is 8.74. The molecule has 0 atom stereocenters. The minimum Gasteiger partial charge on any atom is -0.494 e. The number of rotatable bonds is 12. The molecule has 0 radical (unpaired) electrons. The molecule has 0 aliphatic carbocycles. The summed E-state index contributed by atoms with van der Waals surface area (Å²) in [6.45, 7) is 5.43. The van der Waals surface area contributed by atoms with E-state index in [9.17, 15) is 4.79 Å². The molecule has 2 aromatic heterocycles. The van der Waals surface area contributed by atoms with Gasteiger partial charge in [-0.15, -0.1) is 0 Å². The number of anilines is 4. The number of morpholine rings is 1. The van der Waals surface area contributed by atoms with Gasteiger partial charge in [-0.1, -0.05) is 49.4 Å². The molecule has 0 bridgehead atoms. The van der Waals surface area contributed by atoms with Crippen LogP contribution in [0.15, 0.2) is 73.1 Å². The number of carbonyl (C=O) groups excluding carboxylic acids is 1. The Morgan fingerprint density at radius 2 is 1.89 bits per heavy atom. The number of allylic oxidation sites excluding steroid dienone is 1. The van der Waals surface area contributed by atoms with E-state index >= 15 is 0 Å². The second-order valence-electron chi connectivity index (χ2n) is 10.7. The number of aromatic nitrogens is 4. The third-order valence-electron chi connectivity index (χ3n) is 7.10. The predicted octanol–water partition coefficient (Wildman–Crippen LogP) is 5.27. The molecule has 0 saturated carbocycles. The van der Waals surface area contributed by atoms with Crippen molar-refractivity contribution >= 4 is 28.9 Å². The van der Waals surface area contributed by atoms with Crippen LogP contribution in [0.5, 0.6) is 5.75 Å². The van der Waals surface area contributed by atoms with Crippen molar-refractivity contribution in [1.82, 2.24) is 24.6 Å². The fourth-order valence-electron chi connectivity index (χ4n) is 5.04. The van der Waals surface area contributed by atoms with Crippen molar-refractivity contribution in [2.24, 2.45) is 0 Å². The zero-order chi connectivity index (χ0) is 30.9. The number of carbonyl (C=O) groups is 1. The Balaban J connectivity index is 1.47. The first-order valence-electron chi connectivity index (χ1n) is 14.8. The van der Waals surface area contributed by atoms with Gasteiger partial charge in [0, 0.05) is 61.7 Å². The molecule has 0 spiro atoms. The predicted molar refractivity (Wildman–Crippen MR) is 174 cm³/mol. The van der Waals surface area contributed by atoms with Gasteiger partial charge in [0.15, 0.2) is 5.82 Å². The van der Waals surface area contributed by atoms with E-state index in [1.165, 1.54) is 0 Å². The third kappa shape index (κ3) is 7.61. The maximum atomic E-state index is 12.9. The summed E-state index contributed by atoms with van der Waals surface area (Å²) in [6, 6.07) is 15.8. The van der Waals surface area contributed by atoms with E-state index in [-0.39, 0.29) is 5.91 Å². The lowest BCUT2D eigenvalue weighted by Crippen LogP contribution is -2.36. The third-order valence-corrected chi connectivity index (χ3v) is 7.10. The number of hydrogen-bond donors (Lipinski definition) is 2. The van der Waals surface area contributed by atoms with Gasteiger partial charge in [-0.25, -0.2) is 9.67 Å². The Hall–Kier alpha value is -4.74. The van der Waals surface area contributed by atoms with Crippen molar-refractivity contribution in [3.05, 3.63) is 78.6 Å². The summed E-state index contributed by atoms with van der Waals surface area (Å²) >= 11 is 0. The number of hydrogen-bond acceptors (Lipinski definition) is 9. The first-order chi connectivity index (χ1) is 21.4. The van der Waals surface area contributed by atoms with Gasteiger partial charge >= 0.3 is 0 Å². The largest absolute Gasteiger partial charge is 0.494 e. The van der Waals surface area contributed by atoms with Crippen LogP contribution in [0, 0.1) is 0 Å². The van der Waals surface area contributed by atoms with Crippen LogP contribution >= 0.6 is 0 Å². The van der Waals surface area contributed by atoms with Gasteiger partial charge in [0.05, 0.1) is 43.1 Å². The van der Waals surface area contributed by atoms with Crippen molar-refractivity contribution < 1.29 is 14.3 Å². The molecule has 4 aromatic rings. The highest BCUT2D eigenvalue weighted by atomic mass is 16.5. The van der Waals surface area contributed by atoms with E-state index in [1.807, 2.05) is 75.8 Å². The van der Waals surface area contributed by atoms with E-state index in [1.54, 1.807) is 18.0 Å². The molecular formula is C33H40N8O3. The number of nitrogens with zero attached hydrogens (tertiary/aromatic N) is 6. The molecule has 44 heavy (non-hydrogen) atoms. The molecule has 2 N–H and O–H groups in total. The highest BCUT2D eigenvalue weighted by molar-refractivity contribution is 5.97. The molecule has 1 saturated heterocycles. The first-order valence-corrected chi connectivity index (χ1v) is 14.8. The van der Waals surface area contributed by atoms with Gasteiger partial charge in [0.25, 0.3) is 0 Å². The van der Waals surface area contributed by atoms with Gasteiger partial charge in [-0.05, 0) is 26.6 Å². The minimum absolute atomic E-state index is 0.0972. The van der Waals surface area contributed by atoms with Crippen LogP contribution in [-0.2, 0) is 16.1 Å². The number of benzene rings is 2. The van der Waals surface area contributed by atoms with Crippen molar-refractivity contribution in [2.75, 3.05) is 63.0 Å². The molecule has 11 nitrogen and oxygen atoms in total. The van der Waals surface area contributed by atoms with Gasteiger partial charge in [0.2, 0.25) is 11.9 Å². The average Bonchev–Trinajstić information content (AvgIpc) is 3.45. The number of ether oxygens (including phenoxy) is 2. The zero-order valence-corrected chi connectivity index (χ0v) is 25.8. The van der Waals surface area contributed by atoms with Crippen LogP contribution in [0.2, 0.25) is 0 Å². The minimum atomic E-state index is -0.0972. The summed E-state index contributed by atoms with van der Waals surface area (Å²) in [5.74, 6) is 1.49. The SMILES string of the molecule is CC/C=C\CC(=O)Nc1cc(Nc2nccc(-n3cc(CN(C)C)c(-c4ccccc4)n3)n2)c(OC)cc1N1CCOCC1. The number of amides is 1. The Labute approximate surface area is 258 Å². The van der Waals surface area contributed by atoms with Crippen LogP contribution < -0.4 is 20.3 Å². The van der Waals surface area contributed by atoms with E-state index in [0.717, 1.165) is 35.5 Å².